The average molecular weight is 343 g/mol. The molecule has 1 aliphatic rings. The smallest absolute Gasteiger partial charge is 0.249 e. The molecule has 0 saturated heterocycles. The van der Waals surface area contributed by atoms with Crippen molar-refractivity contribution in [2.75, 3.05) is 5.32 Å². The summed E-state index contributed by atoms with van der Waals surface area (Å²) >= 11 is 7.36. The largest absolute Gasteiger partial charge is 0.313 e. The van der Waals surface area contributed by atoms with E-state index in [-0.39, 0.29) is 5.91 Å². The predicted molar refractivity (Wildman–Crippen MR) is 94.8 cm³/mol. The van der Waals surface area contributed by atoms with Gasteiger partial charge in [0.05, 0.1) is 5.56 Å². The zero-order chi connectivity index (χ0) is 16.2. The summed E-state index contributed by atoms with van der Waals surface area (Å²) in [6.45, 7) is 0. The summed E-state index contributed by atoms with van der Waals surface area (Å²) in [4.78, 5) is 13.3. The maximum atomic E-state index is 12.1. The van der Waals surface area contributed by atoms with Crippen molar-refractivity contribution in [1.29, 1.82) is 5.26 Å². The van der Waals surface area contributed by atoms with Crippen LogP contribution in [-0.2, 0) is 17.6 Å². The highest BCUT2D eigenvalue weighted by molar-refractivity contribution is 7.16. The first-order valence-corrected chi connectivity index (χ1v) is 8.66. The number of aryl methyl sites for hydroxylation is 1. The third-order valence-corrected chi connectivity index (χ3v) is 5.28. The first-order valence-electron chi connectivity index (χ1n) is 7.46. The van der Waals surface area contributed by atoms with E-state index in [9.17, 15) is 10.1 Å². The van der Waals surface area contributed by atoms with Gasteiger partial charge in [-0.05, 0) is 55.0 Å². The molecular formula is C18H15ClN2OS. The highest BCUT2D eigenvalue weighted by Gasteiger charge is 2.21. The molecule has 1 aliphatic carbocycles. The van der Waals surface area contributed by atoms with Gasteiger partial charge in [0.25, 0.3) is 0 Å². The minimum Gasteiger partial charge on any atom is -0.313 e. The molecule has 3 rings (SSSR count). The number of nitrogens with zero attached hydrogens (tertiary/aromatic N) is 1. The van der Waals surface area contributed by atoms with Gasteiger partial charge in [0, 0.05) is 16.0 Å². The molecule has 0 saturated carbocycles. The molecule has 5 heteroatoms. The maximum Gasteiger partial charge on any atom is 0.249 e. The van der Waals surface area contributed by atoms with E-state index in [0.717, 1.165) is 36.8 Å². The van der Waals surface area contributed by atoms with E-state index < -0.39 is 0 Å². The van der Waals surface area contributed by atoms with E-state index in [1.54, 1.807) is 18.2 Å². The predicted octanol–water partition coefficient (Wildman–Crippen LogP) is 4.80. The Kier molecular flexibility index (Phi) is 4.80. The molecule has 0 fully saturated rings. The Morgan fingerprint density at radius 2 is 2.00 bits per heavy atom. The zero-order valence-corrected chi connectivity index (χ0v) is 14.0. The lowest BCUT2D eigenvalue weighted by Gasteiger charge is -2.09. The molecule has 1 N–H and O–H groups in total. The average Bonchev–Trinajstić information content (AvgIpc) is 2.91. The van der Waals surface area contributed by atoms with Gasteiger partial charge in [-0.3, -0.25) is 4.79 Å². The number of carbonyl (C=O) groups is 1. The van der Waals surface area contributed by atoms with Crippen LogP contribution < -0.4 is 5.32 Å². The topological polar surface area (TPSA) is 52.9 Å². The Bertz CT molecular complexity index is 800. The number of carbonyl (C=O) groups excluding carboxylic acids is 1. The highest BCUT2D eigenvalue weighted by atomic mass is 35.5. The minimum absolute atomic E-state index is 0.227. The summed E-state index contributed by atoms with van der Waals surface area (Å²) in [5, 5.41) is 13.6. The Balaban J connectivity index is 1.74. The van der Waals surface area contributed by atoms with Crippen LogP contribution in [0.25, 0.3) is 6.08 Å². The molecule has 1 amide bonds. The Morgan fingerprint density at radius 3 is 2.74 bits per heavy atom. The number of fused-ring (bicyclic) bond motifs is 1. The molecule has 0 spiro atoms. The lowest BCUT2D eigenvalue weighted by atomic mass is 9.96. The summed E-state index contributed by atoms with van der Waals surface area (Å²) < 4.78 is 0. The SMILES string of the molecule is N#Cc1c(NC(=O)C=Cc2ccc(Cl)cc2)sc2c1CCCC2. The molecule has 0 radical (unpaired) electrons. The Morgan fingerprint density at radius 1 is 1.26 bits per heavy atom. The Hall–Kier alpha value is -2.09. The number of hydrogen-bond acceptors (Lipinski definition) is 3. The number of halogens is 1. The number of amides is 1. The minimum atomic E-state index is -0.227. The first-order chi connectivity index (χ1) is 11.2. The van der Waals surface area contributed by atoms with E-state index in [2.05, 4.69) is 11.4 Å². The second kappa shape index (κ2) is 6.99. The van der Waals surface area contributed by atoms with Crippen molar-refractivity contribution in [2.45, 2.75) is 25.7 Å². The highest BCUT2D eigenvalue weighted by Crippen LogP contribution is 2.37. The van der Waals surface area contributed by atoms with Crippen LogP contribution in [0.2, 0.25) is 5.02 Å². The van der Waals surface area contributed by atoms with Crippen molar-refractivity contribution in [3.63, 3.8) is 0 Å². The molecule has 0 unspecified atom stereocenters. The number of anilines is 1. The van der Waals surface area contributed by atoms with Crippen molar-refractivity contribution >= 4 is 39.9 Å². The molecule has 116 valence electrons. The van der Waals surface area contributed by atoms with Gasteiger partial charge in [-0.2, -0.15) is 5.26 Å². The Labute approximate surface area is 144 Å². The number of rotatable bonds is 3. The van der Waals surface area contributed by atoms with Gasteiger partial charge in [0.1, 0.15) is 11.1 Å². The molecule has 0 bridgehead atoms. The summed E-state index contributed by atoms with van der Waals surface area (Å²) in [5.41, 5.74) is 2.66. The van der Waals surface area contributed by atoms with Crippen molar-refractivity contribution in [3.8, 4) is 6.07 Å². The van der Waals surface area contributed by atoms with Crippen molar-refractivity contribution < 1.29 is 4.79 Å². The van der Waals surface area contributed by atoms with Crippen LogP contribution in [0.1, 0.15) is 34.4 Å². The lowest BCUT2D eigenvalue weighted by Crippen LogP contribution is -2.07. The van der Waals surface area contributed by atoms with Gasteiger partial charge in [0.2, 0.25) is 5.91 Å². The summed E-state index contributed by atoms with van der Waals surface area (Å²) in [7, 11) is 0. The summed E-state index contributed by atoms with van der Waals surface area (Å²) in [5.74, 6) is -0.227. The van der Waals surface area contributed by atoms with Gasteiger partial charge in [-0.1, -0.05) is 23.7 Å². The van der Waals surface area contributed by atoms with E-state index >= 15 is 0 Å². The van der Waals surface area contributed by atoms with Crippen LogP contribution in [0.3, 0.4) is 0 Å². The van der Waals surface area contributed by atoms with Gasteiger partial charge in [-0.15, -0.1) is 11.3 Å². The van der Waals surface area contributed by atoms with Crippen molar-refractivity contribution in [1.82, 2.24) is 0 Å². The van der Waals surface area contributed by atoms with E-state index in [0.29, 0.717) is 15.6 Å². The van der Waals surface area contributed by atoms with Crippen LogP contribution >= 0.6 is 22.9 Å². The van der Waals surface area contributed by atoms with Crippen LogP contribution in [0.15, 0.2) is 30.3 Å². The van der Waals surface area contributed by atoms with Gasteiger partial charge in [-0.25, -0.2) is 0 Å². The van der Waals surface area contributed by atoms with Crippen molar-refractivity contribution in [3.05, 3.63) is 56.9 Å². The van der Waals surface area contributed by atoms with Crippen molar-refractivity contribution in [2.24, 2.45) is 0 Å². The second-order valence-corrected chi connectivity index (χ2v) is 6.94. The number of benzene rings is 1. The van der Waals surface area contributed by atoms with Gasteiger partial charge >= 0.3 is 0 Å². The molecule has 1 heterocycles. The van der Waals surface area contributed by atoms with Crippen LogP contribution in [0, 0.1) is 11.3 Å². The fourth-order valence-corrected chi connectivity index (χ4v) is 4.04. The fourth-order valence-electron chi connectivity index (χ4n) is 2.67. The quantitative estimate of drug-likeness (QED) is 0.814. The first kappa shape index (κ1) is 15.8. The third-order valence-electron chi connectivity index (χ3n) is 3.82. The molecule has 1 aromatic carbocycles. The normalized spacial score (nSPS) is 13.6. The fraction of sp³-hybridized carbons (Fsp3) is 0.222. The van der Waals surface area contributed by atoms with E-state index in [4.69, 9.17) is 11.6 Å². The zero-order valence-electron chi connectivity index (χ0n) is 12.4. The van der Waals surface area contributed by atoms with Crippen LogP contribution in [-0.4, -0.2) is 5.91 Å². The lowest BCUT2D eigenvalue weighted by molar-refractivity contribution is -0.111. The van der Waals surface area contributed by atoms with Crippen LogP contribution in [0.4, 0.5) is 5.00 Å². The molecule has 23 heavy (non-hydrogen) atoms. The standard InChI is InChI=1S/C18H15ClN2OS/c19-13-8-5-12(6-9-13)7-10-17(22)21-18-15(11-20)14-3-1-2-4-16(14)23-18/h5-10H,1-4H2,(H,21,22). The maximum absolute atomic E-state index is 12.1. The third kappa shape index (κ3) is 3.64. The second-order valence-electron chi connectivity index (χ2n) is 5.40. The number of thiophene rings is 1. The molecule has 1 aromatic heterocycles. The van der Waals surface area contributed by atoms with E-state index in [1.165, 1.54) is 22.3 Å². The van der Waals surface area contributed by atoms with E-state index in [1.807, 2.05) is 12.1 Å². The molecular weight excluding hydrogens is 328 g/mol. The number of hydrogen-bond donors (Lipinski definition) is 1. The number of nitriles is 1. The molecule has 0 aliphatic heterocycles. The summed E-state index contributed by atoms with van der Waals surface area (Å²) in [6.07, 6.45) is 7.41. The van der Waals surface area contributed by atoms with Crippen LogP contribution in [0.5, 0.6) is 0 Å². The van der Waals surface area contributed by atoms with Gasteiger partial charge < -0.3 is 5.32 Å². The summed E-state index contributed by atoms with van der Waals surface area (Å²) in [6, 6.07) is 9.49. The molecule has 3 nitrogen and oxygen atoms in total. The monoisotopic (exact) mass is 342 g/mol. The number of nitrogens with one attached hydrogen (secondary N) is 1. The van der Waals surface area contributed by atoms with Gasteiger partial charge in [0.15, 0.2) is 0 Å². The molecule has 0 atom stereocenters. The molecule has 2 aromatic rings.